The van der Waals surface area contributed by atoms with Gasteiger partial charge < -0.3 is 10.4 Å². The second kappa shape index (κ2) is 8.74. The van der Waals surface area contributed by atoms with Crippen molar-refractivity contribution in [3.05, 3.63) is 59.4 Å². The molecule has 0 aromatic heterocycles. The molecule has 3 rings (SSSR count). The Morgan fingerprint density at radius 1 is 1.20 bits per heavy atom. The van der Waals surface area contributed by atoms with Gasteiger partial charge in [0.05, 0.1) is 12.1 Å². The van der Waals surface area contributed by atoms with Crippen LogP contribution in [0, 0.1) is 5.82 Å². The largest absolute Gasteiger partial charge is 0.508 e. The maximum Gasteiger partial charge on any atom is 0.416 e. The van der Waals surface area contributed by atoms with Crippen LogP contribution >= 0.6 is 11.8 Å². The van der Waals surface area contributed by atoms with Crippen molar-refractivity contribution >= 4 is 34.3 Å². The fraction of sp³-hybridized carbons (Fsp3) is 0.211. The molecule has 158 valence electrons. The zero-order chi connectivity index (χ0) is 21.9. The number of alkyl halides is 3. The Morgan fingerprint density at radius 3 is 2.57 bits per heavy atom. The highest BCUT2D eigenvalue weighted by molar-refractivity contribution is 8.15. The Labute approximate surface area is 172 Å². The molecule has 2 aromatic rings. The average Bonchev–Trinajstić information content (AvgIpc) is 2.86. The number of hydrogen-bond acceptors (Lipinski definition) is 5. The number of rotatable bonds is 4. The molecule has 1 heterocycles. The molecule has 0 spiro atoms. The van der Waals surface area contributed by atoms with Gasteiger partial charge in [0.2, 0.25) is 5.91 Å². The van der Waals surface area contributed by atoms with E-state index in [0.717, 1.165) is 59.2 Å². The lowest BCUT2D eigenvalue weighted by Gasteiger charge is -2.17. The molecule has 0 radical (unpaired) electrons. The van der Waals surface area contributed by atoms with Crippen LogP contribution in [-0.4, -0.2) is 32.7 Å². The molecule has 2 amide bonds. The number of aromatic hydroxyl groups is 1. The highest BCUT2D eigenvalue weighted by Crippen LogP contribution is 2.30. The number of hydrogen-bond donors (Lipinski definition) is 2. The third kappa shape index (κ3) is 5.29. The molecule has 6 nitrogen and oxygen atoms in total. The summed E-state index contributed by atoms with van der Waals surface area (Å²) in [5, 5.41) is 17.2. The van der Waals surface area contributed by atoms with Gasteiger partial charge in [-0.15, -0.1) is 0 Å². The van der Waals surface area contributed by atoms with Gasteiger partial charge in [0.15, 0.2) is 5.04 Å². The van der Waals surface area contributed by atoms with E-state index >= 15 is 0 Å². The van der Waals surface area contributed by atoms with E-state index in [-0.39, 0.29) is 40.8 Å². The highest BCUT2D eigenvalue weighted by atomic mass is 32.2. The number of anilines is 1. The Morgan fingerprint density at radius 2 is 1.90 bits per heavy atom. The standard InChI is InChI=1S/C19H15F4N3O3S/c20-13-3-6-15(27)11(9-13)10-26-16(28)7-8-30-18(25-26)17(29)24-14-4-1-12(2-5-14)19(21,22)23/h1-6,9,27H,7-8,10H2,(H,24,29). The van der Waals surface area contributed by atoms with Crippen LogP contribution in [0.3, 0.4) is 0 Å². The highest BCUT2D eigenvalue weighted by Gasteiger charge is 2.30. The van der Waals surface area contributed by atoms with Gasteiger partial charge >= 0.3 is 6.18 Å². The molecular weight excluding hydrogens is 426 g/mol. The van der Waals surface area contributed by atoms with Gasteiger partial charge in [0, 0.05) is 23.4 Å². The first-order valence-electron chi connectivity index (χ1n) is 8.61. The molecule has 1 aliphatic rings. The van der Waals surface area contributed by atoms with E-state index in [1.165, 1.54) is 0 Å². The molecule has 0 saturated carbocycles. The lowest BCUT2D eigenvalue weighted by Crippen LogP contribution is -2.27. The first-order valence-corrected chi connectivity index (χ1v) is 9.60. The van der Waals surface area contributed by atoms with Gasteiger partial charge in [-0.3, -0.25) is 9.59 Å². The van der Waals surface area contributed by atoms with Crippen molar-refractivity contribution in [3.63, 3.8) is 0 Å². The Bertz CT molecular complexity index is 994. The summed E-state index contributed by atoms with van der Waals surface area (Å²) < 4.78 is 51.4. The van der Waals surface area contributed by atoms with Crippen molar-refractivity contribution in [1.29, 1.82) is 0 Å². The van der Waals surface area contributed by atoms with Gasteiger partial charge in [0.25, 0.3) is 5.91 Å². The number of carbonyl (C=O) groups excluding carboxylic acids is 2. The molecule has 0 aliphatic carbocycles. The molecule has 0 saturated heterocycles. The van der Waals surface area contributed by atoms with Crippen molar-refractivity contribution in [2.24, 2.45) is 5.10 Å². The van der Waals surface area contributed by atoms with Crippen molar-refractivity contribution in [1.82, 2.24) is 5.01 Å². The minimum absolute atomic E-state index is 0.0568. The minimum atomic E-state index is -4.49. The molecule has 0 fully saturated rings. The zero-order valence-electron chi connectivity index (χ0n) is 15.2. The van der Waals surface area contributed by atoms with Crippen LogP contribution in [0.2, 0.25) is 0 Å². The van der Waals surface area contributed by atoms with Crippen molar-refractivity contribution in [2.45, 2.75) is 19.1 Å². The first-order chi connectivity index (χ1) is 14.1. The minimum Gasteiger partial charge on any atom is -0.508 e. The zero-order valence-corrected chi connectivity index (χ0v) is 16.1. The third-order valence-electron chi connectivity index (χ3n) is 4.08. The molecule has 11 heteroatoms. The fourth-order valence-corrected chi connectivity index (χ4v) is 3.37. The van der Waals surface area contributed by atoms with E-state index in [2.05, 4.69) is 10.4 Å². The summed E-state index contributed by atoms with van der Waals surface area (Å²) in [6.07, 6.45) is -4.44. The number of carbonyl (C=O) groups is 2. The topological polar surface area (TPSA) is 82.0 Å². The van der Waals surface area contributed by atoms with E-state index in [1.54, 1.807) is 0 Å². The van der Waals surface area contributed by atoms with E-state index < -0.39 is 29.4 Å². The Balaban J connectivity index is 1.77. The molecule has 2 N–H and O–H groups in total. The van der Waals surface area contributed by atoms with Gasteiger partial charge in [-0.1, -0.05) is 11.8 Å². The van der Waals surface area contributed by atoms with Crippen molar-refractivity contribution in [2.75, 3.05) is 11.1 Å². The summed E-state index contributed by atoms with van der Waals surface area (Å²) in [5.41, 5.74) is -0.615. The summed E-state index contributed by atoms with van der Waals surface area (Å²) in [6.45, 7) is -0.250. The van der Waals surface area contributed by atoms with E-state index in [1.807, 2.05) is 0 Å². The maximum absolute atomic E-state index is 13.4. The maximum atomic E-state index is 13.4. The molecule has 0 unspecified atom stereocenters. The SMILES string of the molecule is O=C(Nc1ccc(C(F)(F)F)cc1)C1=NN(Cc2cc(F)ccc2O)C(=O)CCS1. The molecule has 0 bridgehead atoms. The normalized spacial score (nSPS) is 14.9. The number of hydrazone groups is 1. The number of phenols is 1. The Kier molecular flexibility index (Phi) is 6.30. The second-order valence-corrected chi connectivity index (χ2v) is 7.34. The fourth-order valence-electron chi connectivity index (χ4n) is 2.56. The summed E-state index contributed by atoms with van der Waals surface area (Å²) in [4.78, 5) is 24.8. The summed E-state index contributed by atoms with van der Waals surface area (Å²) >= 11 is 1.00. The van der Waals surface area contributed by atoms with Crippen LogP contribution in [0.4, 0.5) is 23.2 Å². The number of nitrogens with zero attached hydrogens (tertiary/aromatic N) is 2. The van der Waals surface area contributed by atoms with Crippen LogP contribution < -0.4 is 5.32 Å². The summed E-state index contributed by atoms with van der Waals surface area (Å²) in [6, 6.07) is 7.14. The van der Waals surface area contributed by atoms with E-state index in [9.17, 15) is 32.3 Å². The predicted octanol–water partition coefficient (Wildman–Crippen LogP) is 3.97. The van der Waals surface area contributed by atoms with Crippen molar-refractivity contribution in [3.8, 4) is 5.75 Å². The number of amides is 2. The number of nitrogens with one attached hydrogen (secondary N) is 1. The van der Waals surface area contributed by atoms with Crippen LogP contribution in [0.5, 0.6) is 5.75 Å². The Hall–Kier alpha value is -3.08. The third-order valence-corrected chi connectivity index (χ3v) is 5.03. The van der Waals surface area contributed by atoms with Gasteiger partial charge in [-0.25, -0.2) is 9.40 Å². The van der Waals surface area contributed by atoms with Crippen LogP contribution in [0.15, 0.2) is 47.6 Å². The number of benzene rings is 2. The average molecular weight is 441 g/mol. The van der Waals surface area contributed by atoms with Crippen LogP contribution in [0.1, 0.15) is 17.5 Å². The molecule has 2 aromatic carbocycles. The predicted molar refractivity (Wildman–Crippen MR) is 103 cm³/mol. The van der Waals surface area contributed by atoms with Crippen LogP contribution in [0.25, 0.3) is 0 Å². The van der Waals surface area contributed by atoms with Crippen molar-refractivity contribution < 1.29 is 32.3 Å². The number of thioether (sulfide) groups is 1. The lowest BCUT2D eigenvalue weighted by atomic mass is 10.2. The molecule has 30 heavy (non-hydrogen) atoms. The van der Waals surface area contributed by atoms with Crippen LogP contribution in [-0.2, 0) is 22.3 Å². The van der Waals surface area contributed by atoms with E-state index in [0.29, 0.717) is 0 Å². The van der Waals surface area contributed by atoms with E-state index in [4.69, 9.17) is 0 Å². The smallest absolute Gasteiger partial charge is 0.416 e. The lowest BCUT2D eigenvalue weighted by molar-refractivity contribution is -0.137. The molecule has 0 atom stereocenters. The van der Waals surface area contributed by atoms with Gasteiger partial charge in [-0.05, 0) is 42.5 Å². The number of phenolic OH excluding ortho intramolecular Hbond substituents is 1. The van der Waals surface area contributed by atoms with Gasteiger partial charge in [-0.2, -0.15) is 18.3 Å². The quantitative estimate of drug-likeness (QED) is 0.704. The molecular formula is C19H15F4N3O3S. The first kappa shape index (κ1) is 21.6. The summed E-state index contributed by atoms with van der Waals surface area (Å²) in [7, 11) is 0. The monoisotopic (exact) mass is 441 g/mol. The molecule has 1 aliphatic heterocycles. The summed E-state index contributed by atoms with van der Waals surface area (Å²) in [5.74, 6) is -1.72. The second-order valence-electron chi connectivity index (χ2n) is 6.26. The van der Waals surface area contributed by atoms with Gasteiger partial charge in [0.1, 0.15) is 11.6 Å². The number of halogens is 4.